The molecule has 0 saturated carbocycles. The first-order valence-corrected chi connectivity index (χ1v) is 17.9. The van der Waals surface area contributed by atoms with Gasteiger partial charge in [-0.1, -0.05) is 159 Å². The van der Waals surface area contributed by atoms with Crippen molar-refractivity contribution in [3.63, 3.8) is 0 Å². The van der Waals surface area contributed by atoms with E-state index in [0.717, 1.165) is 50.8 Å². The number of benzene rings is 7. The van der Waals surface area contributed by atoms with Crippen LogP contribution < -0.4 is 0 Å². The van der Waals surface area contributed by atoms with Gasteiger partial charge in [-0.15, -0.1) is 0 Å². The van der Waals surface area contributed by atoms with Crippen molar-refractivity contribution in [2.45, 2.75) is 13.3 Å². The maximum Gasteiger partial charge on any atom is 0.131 e. The average molecular weight is 668 g/mol. The number of aromatic nitrogens is 2. The van der Waals surface area contributed by atoms with Crippen molar-refractivity contribution in [3.05, 3.63) is 200 Å². The molecule has 0 atom stereocenters. The fourth-order valence-corrected chi connectivity index (χ4v) is 7.74. The molecule has 0 N–H and O–H groups in total. The van der Waals surface area contributed by atoms with Gasteiger partial charge in [-0.25, -0.2) is 4.99 Å². The van der Waals surface area contributed by atoms with Gasteiger partial charge in [0.15, 0.2) is 0 Å². The molecule has 0 aliphatic rings. The highest BCUT2D eigenvalue weighted by molar-refractivity contribution is 6.28. The van der Waals surface area contributed by atoms with E-state index in [9.17, 15) is 0 Å². The molecule has 2 aromatic heterocycles. The Morgan fingerprint density at radius 1 is 0.577 bits per heavy atom. The van der Waals surface area contributed by atoms with E-state index in [-0.39, 0.29) is 0 Å². The van der Waals surface area contributed by atoms with Gasteiger partial charge < -0.3 is 4.57 Å². The highest BCUT2D eigenvalue weighted by Crippen LogP contribution is 2.46. The Kier molecular flexibility index (Phi) is 7.94. The molecule has 2 heterocycles. The minimum atomic E-state index is 0.654. The molecule has 0 spiro atoms. The quantitative estimate of drug-likeness (QED) is 0.144. The first kappa shape index (κ1) is 31.3. The molecule has 0 aliphatic heterocycles. The second-order valence-electron chi connectivity index (χ2n) is 13.1. The normalized spacial score (nSPS) is 12.3. The van der Waals surface area contributed by atoms with Crippen LogP contribution in [0.2, 0.25) is 0 Å². The summed E-state index contributed by atoms with van der Waals surface area (Å²) in [5.41, 5.74) is 12.2. The van der Waals surface area contributed by atoms with Gasteiger partial charge in [0.2, 0.25) is 0 Å². The van der Waals surface area contributed by atoms with Crippen molar-refractivity contribution in [3.8, 4) is 16.8 Å². The number of hydrogen-bond donors (Lipinski definition) is 0. The third-order valence-corrected chi connectivity index (χ3v) is 10.1. The Balaban J connectivity index is 1.43. The number of rotatable bonds is 8. The molecule has 248 valence electrons. The van der Waals surface area contributed by atoms with Crippen LogP contribution in [0.1, 0.15) is 24.5 Å². The van der Waals surface area contributed by atoms with Crippen molar-refractivity contribution in [1.29, 1.82) is 0 Å². The number of aliphatic imine (C=N–C) groups is 1. The van der Waals surface area contributed by atoms with Crippen LogP contribution in [-0.2, 0) is 0 Å². The maximum absolute atomic E-state index is 5.47. The molecule has 9 aromatic rings. The minimum Gasteiger partial charge on any atom is -0.307 e. The Hall–Kier alpha value is -6.71. The lowest BCUT2D eigenvalue weighted by Crippen LogP contribution is -2.03. The van der Waals surface area contributed by atoms with Gasteiger partial charge in [-0.05, 0) is 65.1 Å². The second kappa shape index (κ2) is 13.2. The van der Waals surface area contributed by atoms with Gasteiger partial charge >= 0.3 is 0 Å². The molecule has 7 aromatic carbocycles. The lowest BCUT2D eigenvalue weighted by molar-refractivity contribution is 1.15. The van der Waals surface area contributed by atoms with E-state index in [2.05, 4.69) is 198 Å². The molecule has 52 heavy (non-hydrogen) atoms. The monoisotopic (exact) mass is 667 g/mol. The summed E-state index contributed by atoms with van der Waals surface area (Å²) in [6, 6.07) is 62.3. The summed E-state index contributed by atoms with van der Waals surface area (Å²) in [6.07, 6.45) is 3.10. The molecule has 3 heteroatoms. The smallest absolute Gasteiger partial charge is 0.131 e. The molecular formula is C49H37N3. The number of allylic oxidation sites excluding steroid dienone is 2. The maximum atomic E-state index is 5.47. The van der Waals surface area contributed by atoms with E-state index < -0.39 is 0 Å². The van der Waals surface area contributed by atoms with E-state index >= 15 is 0 Å². The van der Waals surface area contributed by atoms with E-state index in [1.54, 1.807) is 0 Å². The average Bonchev–Trinajstić information content (AvgIpc) is 3.74. The van der Waals surface area contributed by atoms with Gasteiger partial charge in [-0.2, -0.15) is 0 Å². The van der Waals surface area contributed by atoms with Crippen molar-refractivity contribution >= 4 is 60.7 Å². The Morgan fingerprint density at radius 3 is 1.81 bits per heavy atom. The van der Waals surface area contributed by atoms with Crippen LogP contribution in [0, 0.1) is 0 Å². The number of para-hydroxylation sites is 3. The molecule has 3 nitrogen and oxygen atoms in total. The van der Waals surface area contributed by atoms with Crippen molar-refractivity contribution < 1.29 is 0 Å². The molecule has 9 rings (SSSR count). The predicted molar refractivity (Wildman–Crippen MR) is 222 cm³/mol. The topological polar surface area (TPSA) is 22.2 Å². The first-order valence-electron chi connectivity index (χ1n) is 17.9. The summed E-state index contributed by atoms with van der Waals surface area (Å²) in [5.74, 6) is 0.654. The summed E-state index contributed by atoms with van der Waals surface area (Å²) in [4.78, 5) is 5.47. The Morgan fingerprint density at radius 2 is 1.13 bits per heavy atom. The number of nitrogens with zero attached hydrogens (tertiary/aromatic N) is 3. The van der Waals surface area contributed by atoms with E-state index in [1.165, 1.54) is 38.4 Å². The zero-order valence-corrected chi connectivity index (χ0v) is 29.1. The number of hydrogen-bond acceptors (Lipinski definition) is 1. The summed E-state index contributed by atoms with van der Waals surface area (Å²) >= 11 is 0. The van der Waals surface area contributed by atoms with E-state index in [1.807, 2.05) is 0 Å². The van der Waals surface area contributed by atoms with Crippen molar-refractivity contribution in [1.82, 2.24) is 9.13 Å². The molecule has 0 amide bonds. The van der Waals surface area contributed by atoms with Crippen LogP contribution in [0.4, 0.5) is 0 Å². The fraction of sp³-hybridized carbons (Fsp3) is 0.0408. The highest BCUT2D eigenvalue weighted by atomic mass is 15.1. The summed E-state index contributed by atoms with van der Waals surface area (Å²) in [5, 5.41) is 4.73. The first-order chi connectivity index (χ1) is 25.7. The van der Waals surface area contributed by atoms with Gasteiger partial charge in [0.25, 0.3) is 0 Å². The van der Waals surface area contributed by atoms with Crippen LogP contribution in [0.5, 0.6) is 0 Å². The third-order valence-electron chi connectivity index (χ3n) is 10.1. The zero-order chi connectivity index (χ0) is 35.0. The minimum absolute atomic E-state index is 0.654. The zero-order valence-electron chi connectivity index (χ0n) is 29.1. The fourth-order valence-electron chi connectivity index (χ4n) is 7.74. The lowest BCUT2D eigenvalue weighted by Gasteiger charge is -2.15. The highest BCUT2D eigenvalue weighted by Gasteiger charge is 2.24. The van der Waals surface area contributed by atoms with Crippen LogP contribution >= 0.6 is 0 Å². The van der Waals surface area contributed by atoms with Gasteiger partial charge in [-0.3, -0.25) is 4.57 Å². The largest absolute Gasteiger partial charge is 0.307 e. The molecule has 0 aliphatic carbocycles. The van der Waals surface area contributed by atoms with Gasteiger partial charge in [0, 0.05) is 32.8 Å². The molecule has 0 bridgehead atoms. The number of fused-ring (bicyclic) bond motifs is 7. The summed E-state index contributed by atoms with van der Waals surface area (Å²) < 4.78 is 4.71. The van der Waals surface area contributed by atoms with Crippen LogP contribution in [0.3, 0.4) is 0 Å². The van der Waals surface area contributed by atoms with Crippen molar-refractivity contribution in [2.24, 2.45) is 4.99 Å². The second-order valence-corrected chi connectivity index (χ2v) is 13.1. The van der Waals surface area contributed by atoms with Crippen LogP contribution in [0.25, 0.3) is 71.8 Å². The third kappa shape index (κ3) is 5.26. The lowest BCUT2D eigenvalue weighted by atomic mass is 9.96. The SMILES string of the molecule is C=C(/N=C(\C=C(/CC)c1ccccc1)c1ccccc1)n1c2ccccc2c2c(-c3ccccc3)cc3c4ccccc4n(-c4ccccc4)c3c21. The molecule has 0 unspecified atom stereocenters. The summed E-state index contributed by atoms with van der Waals surface area (Å²) in [6.45, 7) is 6.97. The predicted octanol–water partition coefficient (Wildman–Crippen LogP) is 13.0. The van der Waals surface area contributed by atoms with Crippen molar-refractivity contribution in [2.75, 3.05) is 0 Å². The Bertz CT molecular complexity index is 2800. The van der Waals surface area contributed by atoms with E-state index in [4.69, 9.17) is 11.6 Å². The summed E-state index contributed by atoms with van der Waals surface area (Å²) in [7, 11) is 0. The standard InChI is InChI=1S/C49H37N3/c1-3-35(36-20-8-4-9-21-36)32-44(38-24-12-6-13-25-38)50-34(2)51-46-31-19-17-29-41(46)47-42(37-22-10-5-11-23-37)33-43-40-28-16-18-30-45(40)52(48(43)49(47)51)39-26-14-7-15-27-39/h4-33H,2-3H2,1H3/b35-32+,50-44+. The molecule has 0 radical (unpaired) electrons. The van der Waals surface area contributed by atoms with Crippen LogP contribution in [-0.4, -0.2) is 14.8 Å². The Labute approximate surface area is 303 Å². The van der Waals surface area contributed by atoms with E-state index in [0.29, 0.717) is 5.82 Å². The molecule has 0 saturated heterocycles. The van der Waals surface area contributed by atoms with Gasteiger partial charge in [0.05, 0.1) is 27.8 Å². The van der Waals surface area contributed by atoms with Crippen LogP contribution in [0.15, 0.2) is 194 Å². The van der Waals surface area contributed by atoms with Gasteiger partial charge in [0.1, 0.15) is 5.82 Å². The molecular weight excluding hydrogens is 631 g/mol. The molecule has 0 fully saturated rings.